The zero-order chi connectivity index (χ0) is 16.7. The molecule has 1 N–H and O–H groups in total. The molecule has 124 valence electrons. The van der Waals surface area contributed by atoms with Gasteiger partial charge >= 0.3 is 0 Å². The molecule has 2 aliphatic carbocycles. The van der Waals surface area contributed by atoms with Crippen molar-refractivity contribution in [1.29, 1.82) is 0 Å². The number of carbonyl (C=O) groups is 1. The fourth-order valence-corrected chi connectivity index (χ4v) is 3.67. The molecular formula is C20H19ClFNO. The molecule has 0 aliphatic heterocycles. The molecule has 0 aromatic heterocycles. The summed E-state index contributed by atoms with van der Waals surface area (Å²) < 4.78 is 13.3. The van der Waals surface area contributed by atoms with E-state index >= 15 is 0 Å². The monoisotopic (exact) mass is 343 g/mol. The second-order valence-corrected chi connectivity index (χ2v) is 7.34. The number of hydrogen-bond donors (Lipinski definition) is 1. The van der Waals surface area contributed by atoms with Gasteiger partial charge in [0, 0.05) is 17.5 Å². The topological polar surface area (TPSA) is 29.1 Å². The Balaban J connectivity index is 1.26. The standard InChI is InChI=1S/C20H19ClFNO/c21-15-6-4-12(5-7-15)18-10-19(18)20(24)23-11-14-9-17(14)13-2-1-3-16(22)8-13/h1-8,14,17-19H,9-11H2,(H,23,24). The third kappa shape index (κ3) is 3.32. The van der Waals surface area contributed by atoms with Gasteiger partial charge in [-0.2, -0.15) is 0 Å². The Morgan fingerprint density at radius 1 is 1.08 bits per heavy atom. The number of hydrogen-bond acceptors (Lipinski definition) is 1. The highest BCUT2D eigenvalue weighted by molar-refractivity contribution is 6.30. The molecule has 0 saturated heterocycles. The van der Waals surface area contributed by atoms with Crippen molar-refractivity contribution in [2.24, 2.45) is 11.8 Å². The summed E-state index contributed by atoms with van der Waals surface area (Å²) in [7, 11) is 0. The van der Waals surface area contributed by atoms with Crippen LogP contribution in [-0.4, -0.2) is 12.5 Å². The molecular weight excluding hydrogens is 325 g/mol. The van der Waals surface area contributed by atoms with Gasteiger partial charge in [-0.1, -0.05) is 35.9 Å². The van der Waals surface area contributed by atoms with Crippen LogP contribution in [0.4, 0.5) is 4.39 Å². The molecule has 0 heterocycles. The smallest absolute Gasteiger partial charge is 0.223 e. The first kappa shape index (κ1) is 15.6. The summed E-state index contributed by atoms with van der Waals surface area (Å²) in [5.74, 6) is 1.17. The lowest BCUT2D eigenvalue weighted by molar-refractivity contribution is -0.122. The van der Waals surface area contributed by atoms with Crippen LogP contribution in [0.3, 0.4) is 0 Å². The number of benzene rings is 2. The number of halogens is 2. The van der Waals surface area contributed by atoms with Crippen LogP contribution in [-0.2, 0) is 4.79 Å². The van der Waals surface area contributed by atoms with Gasteiger partial charge in [-0.3, -0.25) is 4.79 Å². The number of carbonyl (C=O) groups excluding carboxylic acids is 1. The average molecular weight is 344 g/mol. The molecule has 1 amide bonds. The van der Waals surface area contributed by atoms with Gasteiger partial charge in [0.1, 0.15) is 5.82 Å². The van der Waals surface area contributed by atoms with Crippen molar-refractivity contribution in [3.05, 3.63) is 70.5 Å². The van der Waals surface area contributed by atoms with Crippen molar-refractivity contribution >= 4 is 17.5 Å². The molecule has 4 heteroatoms. The predicted octanol–water partition coefficient (Wildman–Crippen LogP) is 4.50. The van der Waals surface area contributed by atoms with Gasteiger partial charge in [0.15, 0.2) is 0 Å². The Morgan fingerprint density at radius 3 is 2.62 bits per heavy atom. The highest BCUT2D eigenvalue weighted by Crippen LogP contribution is 2.49. The molecule has 2 aromatic carbocycles. The van der Waals surface area contributed by atoms with Crippen LogP contribution < -0.4 is 5.32 Å². The Labute approximate surface area is 146 Å². The summed E-state index contributed by atoms with van der Waals surface area (Å²) in [6, 6.07) is 14.5. The highest BCUT2D eigenvalue weighted by Gasteiger charge is 2.45. The molecule has 0 bridgehead atoms. The highest BCUT2D eigenvalue weighted by atomic mass is 35.5. The summed E-state index contributed by atoms with van der Waals surface area (Å²) in [4.78, 5) is 12.3. The van der Waals surface area contributed by atoms with Crippen LogP contribution in [0, 0.1) is 17.7 Å². The molecule has 2 aliphatic rings. The minimum absolute atomic E-state index is 0.0811. The van der Waals surface area contributed by atoms with Gasteiger partial charge in [0.05, 0.1) is 0 Å². The largest absolute Gasteiger partial charge is 0.356 e. The third-order valence-corrected chi connectivity index (χ3v) is 5.42. The Hall–Kier alpha value is -1.87. The van der Waals surface area contributed by atoms with E-state index in [1.54, 1.807) is 12.1 Å². The molecule has 4 atom stereocenters. The first-order valence-electron chi connectivity index (χ1n) is 8.40. The quantitative estimate of drug-likeness (QED) is 0.850. The van der Waals surface area contributed by atoms with Crippen molar-refractivity contribution in [2.45, 2.75) is 24.7 Å². The Kier molecular flexibility index (Phi) is 4.05. The van der Waals surface area contributed by atoms with Crippen molar-refractivity contribution in [2.75, 3.05) is 6.54 Å². The van der Waals surface area contributed by atoms with Crippen LogP contribution in [0.15, 0.2) is 48.5 Å². The second kappa shape index (κ2) is 6.21. The summed E-state index contributed by atoms with van der Waals surface area (Å²) in [6.45, 7) is 0.684. The van der Waals surface area contributed by atoms with Crippen molar-refractivity contribution in [3.8, 4) is 0 Å². The van der Waals surface area contributed by atoms with E-state index in [4.69, 9.17) is 11.6 Å². The van der Waals surface area contributed by atoms with Crippen LogP contribution in [0.1, 0.15) is 35.8 Å². The first-order chi connectivity index (χ1) is 11.6. The summed E-state index contributed by atoms with van der Waals surface area (Å²) in [6.07, 6.45) is 1.93. The van der Waals surface area contributed by atoms with Crippen LogP contribution >= 0.6 is 11.6 Å². The summed E-state index contributed by atoms with van der Waals surface area (Å²) in [5.41, 5.74) is 2.23. The van der Waals surface area contributed by atoms with E-state index in [2.05, 4.69) is 5.32 Å². The maximum atomic E-state index is 13.3. The van der Waals surface area contributed by atoms with Gasteiger partial charge < -0.3 is 5.32 Å². The van der Waals surface area contributed by atoms with E-state index < -0.39 is 0 Å². The van der Waals surface area contributed by atoms with Gasteiger partial charge in [0.25, 0.3) is 0 Å². The van der Waals surface area contributed by atoms with Crippen molar-refractivity contribution < 1.29 is 9.18 Å². The molecule has 2 aromatic rings. The lowest BCUT2D eigenvalue weighted by Crippen LogP contribution is -2.27. The van der Waals surface area contributed by atoms with Crippen LogP contribution in [0.25, 0.3) is 0 Å². The van der Waals surface area contributed by atoms with Crippen LogP contribution in [0.5, 0.6) is 0 Å². The van der Waals surface area contributed by atoms with Gasteiger partial charge in [-0.05, 0) is 66.0 Å². The first-order valence-corrected chi connectivity index (χ1v) is 8.78. The molecule has 24 heavy (non-hydrogen) atoms. The molecule has 0 spiro atoms. The van der Waals surface area contributed by atoms with E-state index in [1.165, 1.54) is 11.6 Å². The van der Waals surface area contributed by atoms with Gasteiger partial charge in [-0.25, -0.2) is 4.39 Å². The average Bonchev–Trinajstić information content (AvgIpc) is 3.47. The predicted molar refractivity (Wildman–Crippen MR) is 92.6 cm³/mol. The zero-order valence-electron chi connectivity index (χ0n) is 13.2. The Bertz CT molecular complexity index is 760. The second-order valence-electron chi connectivity index (χ2n) is 6.90. The van der Waals surface area contributed by atoms with E-state index in [-0.39, 0.29) is 17.6 Å². The lowest BCUT2D eigenvalue weighted by atomic mass is 10.1. The van der Waals surface area contributed by atoms with Crippen LogP contribution in [0.2, 0.25) is 5.02 Å². The van der Waals surface area contributed by atoms with E-state index in [1.807, 2.05) is 30.3 Å². The molecule has 0 radical (unpaired) electrons. The van der Waals surface area contributed by atoms with E-state index in [0.29, 0.717) is 24.3 Å². The van der Waals surface area contributed by atoms with E-state index in [9.17, 15) is 9.18 Å². The lowest BCUT2D eigenvalue weighted by Gasteiger charge is -2.05. The van der Waals surface area contributed by atoms with Crippen molar-refractivity contribution in [3.63, 3.8) is 0 Å². The Morgan fingerprint density at radius 2 is 1.88 bits per heavy atom. The van der Waals surface area contributed by atoms with Gasteiger partial charge in [0.2, 0.25) is 5.91 Å². The zero-order valence-corrected chi connectivity index (χ0v) is 14.0. The van der Waals surface area contributed by atoms with Gasteiger partial charge in [-0.15, -0.1) is 0 Å². The SMILES string of the molecule is O=C(NCC1CC1c1cccc(F)c1)C1CC1c1ccc(Cl)cc1. The number of amides is 1. The summed E-state index contributed by atoms with van der Waals surface area (Å²) >= 11 is 5.90. The van der Waals surface area contributed by atoms with Crippen molar-refractivity contribution in [1.82, 2.24) is 5.32 Å². The van der Waals surface area contributed by atoms with E-state index in [0.717, 1.165) is 23.4 Å². The third-order valence-electron chi connectivity index (χ3n) is 5.16. The minimum atomic E-state index is -0.189. The normalized spacial score (nSPS) is 27.6. The molecule has 2 fully saturated rings. The molecule has 4 unspecified atom stereocenters. The summed E-state index contributed by atoms with van der Waals surface area (Å²) in [5, 5.41) is 3.79. The molecule has 2 saturated carbocycles. The molecule has 2 nitrogen and oxygen atoms in total. The minimum Gasteiger partial charge on any atom is -0.356 e. The maximum absolute atomic E-state index is 13.3. The fraction of sp³-hybridized carbons (Fsp3) is 0.350. The maximum Gasteiger partial charge on any atom is 0.223 e. The fourth-order valence-electron chi connectivity index (χ4n) is 3.54. The molecule has 4 rings (SSSR count). The number of nitrogens with one attached hydrogen (secondary N) is 1. The number of rotatable bonds is 5.